The number of likely N-dealkylation sites (tertiary alicyclic amines) is 1. The highest BCUT2D eigenvalue weighted by Gasteiger charge is 2.57. The van der Waals surface area contributed by atoms with E-state index in [1.165, 1.54) is 23.1 Å². The summed E-state index contributed by atoms with van der Waals surface area (Å²) >= 11 is 15.7. The Bertz CT molecular complexity index is 1350. The lowest BCUT2D eigenvalue weighted by atomic mass is 9.72. The van der Waals surface area contributed by atoms with Crippen molar-refractivity contribution in [3.05, 3.63) is 62.3 Å². The lowest BCUT2D eigenvalue weighted by Crippen LogP contribution is -2.62. The molecule has 214 valence electrons. The maximum atomic E-state index is 14.5. The van der Waals surface area contributed by atoms with Crippen molar-refractivity contribution in [1.82, 2.24) is 15.1 Å². The summed E-state index contributed by atoms with van der Waals surface area (Å²) in [6.45, 7) is 3.65. The number of hydrogen-bond donors (Lipinski definition) is 1. The molecule has 2 amide bonds. The van der Waals surface area contributed by atoms with Crippen molar-refractivity contribution < 1.29 is 23.5 Å². The van der Waals surface area contributed by atoms with Gasteiger partial charge in [0.05, 0.1) is 14.5 Å². The summed E-state index contributed by atoms with van der Waals surface area (Å²) in [5.74, 6) is -1.05. The quantitative estimate of drug-likeness (QED) is 0.410. The highest BCUT2D eigenvalue weighted by molar-refractivity contribution is 9.10. The molecule has 2 aliphatic heterocycles. The van der Waals surface area contributed by atoms with Gasteiger partial charge in [-0.25, -0.2) is 9.18 Å². The first-order chi connectivity index (χ1) is 19.0. The van der Waals surface area contributed by atoms with Gasteiger partial charge >= 0.3 is 6.09 Å². The molecule has 0 aromatic heterocycles. The molecule has 2 aromatic rings. The predicted octanol–water partition coefficient (Wildman–Crippen LogP) is 6.06. The number of carbonyl (C=O) groups is 3. The molecule has 5 rings (SSSR count). The van der Waals surface area contributed by atoms with Crippen molar-refractivity contribution in [3.63, 3.8) is 0 Å². The smallest absolute Gasteiger partial charge is 0.410 e. The molecule has 0 unspecified atom stereocenters. The Labute approximate surface area is 251 Å². The second-order valence-electron chi connectivity index (χ2n) is 11.3. The first-order valence-corrected chi connectivity index (χ1v) is 14.9. The average Bonchev–Trinajstić information content (AvgIpc) is 3.54. The van der Waals surface area contributed by atoms with Crippen molar-refractivity contribution in [2.75, 3.05) is 33.2 Å². The van der Waals surface area contributed by atoms with Crippen LogP contribution < -0.4 is 10.1 Å². The minimum absolute atomic E-state index is 0.0851. The molecule has 2 saturated heterocycles. The Hall–Kier alpha value is -2.20. The fourth-order valence-electron chi connectivity index (χ4n) is 5.95. The monoisotopic (exact) mass is 653 g/mol. The Balaban J connectivity index is 1.44. The molecule has 2 heterocycles. The maximum Gasteiger partial charge on any atom is 0.415 e. The number of likely N-dealkylation sites (N-methyl/N-ethyl adjacent to an activating group) is 1. The lowest BCUT2D eigenvalue weighted by molar-refractivity contribution is -0.142. The van der Waals surface area contributed by atoms with E-state index in [1.54, 1.807) is 19.2 Å². The Kier molecular flexibility index (Phi) is 8.23. The Morgan fingerprint density at radius 3 is 2.42 bits per heavy atom. The zero-order valence-electron chi connectivity index (χ0n) is 22.3. The number of ether oxygens (including phenoxy) is 1. The summed E-state index contributed by atoms with van der Waals surface area (Å²) in [5.41, 5.74) is -0.775. The second-order valence-corrected chi connectivity index (χ2v) is 12.9. The van der Waals surface area contributed by atoms with Crippen LogP contribution in [-0.2, 0) is 9.59 Å². The predicted molar refractivity (Wildman–Crippen MR) is 154 cm³/mol. The number of nitrogens with zero attached hydrogens (tertiary/aromatic N) is 2. The van der Waals surface area contributed by atoms with E-state index in [9.17, 15) is 18.8 Å². The lowest BCUT2D eigenvalue weighted by Gasteiger charge is -2.44. The SMILES string of the molecule is CN(C(=O)Oc1ccc(F)c(Br)c1)[C@]1(C(=O)C2CCN(C(=O)C3(C)CC3)CC2)CNC[C@H]1c1ccc(Cl)c(Cl)c1. The fraction of sp³-hybridized carbons (Fsp3) is 0.483. The van der Waals surface area contributed by atoms with E-state index < -0.39 is 23.4 Å². The molecular formula is C29H31BrCl2FN3O4. The Morgan fingerprint density at radius 1 is 1.10 bits per heavy atom. The van der Waals surface area contributed by atoms with Crippen LogP contribution in [0, 0.1) is 17.2 Å². The topological polar surface area (TPSA) is 79.0 Å². The van der Waals surface area contributed by atoms with Crippen LogP contribution in [0.5, 0.6) is 5.75 Å². The van der Waals surface area contributed by atoms with Gasteiger partial charge < -0.3 is 15.0 Å². The van der Waals surface area contributed by atoms with Gasteiger partial charge in [0.1, 0.15) is 17.1 Å². The summed E-state index contributed by atoms with van der Waals surface area (Å²) in [6.07, 6.45) is 2.11. The average molecular weight is 655 g/mol. The zero-order valence-corrected chi connectivity index (χ0v) is 25.4. The zero-order chi connectivity index (χ0) is 28.8. The van der Waals surface area contributed by atoms with Crippen LogP contribution in [0.25, 0.3) is 0 Å². The first-order valence-electron chi connectivity index (χ1n) is 13.4. The third-order valence-electron chi connectivity index (χ3n) is 8.73. The fourth-order valence-corrected chi connectivity index (χ4v) is 6.62. The van der Waals surface area contributed by atoms with Gasteiger partial charge in [-0.15, -0.1) is 0 Å². The van der Waals surface area contributed by atoms with E-state index in [0.29, 0.717) is 42.5 Å². The summed E-state index contributed by atoms with van der Waals surface area (Å²) in [7, 11) is 1.56. The number of ketones is 1. The minimum atomic E-state index is -1.29. The third kappa shape index (κ3) is 5.38. The van der Waals surface area contributed by atoms with Gasteiger partial charge in [0.25, 0.3) is 0 Å². The largest absolute Gasteiger partial charge is 0.415 e. The van der Waals surface area contributed by atoms with Crippen LogP contribution in [0.3, 0.4) is 0 Å². The number of rotatable bonds is 6. The molecule has 3 fully saturated rings. The normalized spacial score (nSPS) is 24.1. The van der Waals surface area contributed by atoms with Crippen LogP contribution in [0.4, 0.5) is 9.18 Å². The van der Waals surface area contributed by atoms with E-state index in [-0.39, 0.29) is 39.8 Å². The van der Waals surface area contributed by atoms with Gasteiger partial charge in [-0.2, -0.15) is 0 Å². The standard InChI is InChI=1S/C29H31BrCl2FN3O4/c1-28(9-10-28)26(38)36-11-7-17(8-12-36)25(37)29(16-34-15-20(29)18-3-5-22(31)23(32)13-18)35(2)27(39)40-19-4-6-24(33)21(30)14-19/h3-6,13-14,17,20,34H,7-12,15-16H2,1-2H3/t20-,29+/m0/s1. The number of nitrogens with one attached hydrogen (secondary N) is 1. The van der Waals surface area contributed by atoms with Gasteiger partial charge in [0, 0.05) is 50.5 Å². The molecule has 11 heteroatoms. The first kappa shape index (κ1) is 29.3. The van der Waals surface area contributed by atoms with E-state index in [0.717, 1.165) is 18.4 Å². The molecule has 0 spiro atoms. The van der Waals surface area contributed by atoms with Crippen LogP contribution in [0.15, 0.2) is 40.9 Å². The van der Waals surface area contributed by atoms with E-state index in [1.807, 2.05) is 17.9 Å². The summed E-state index contributed by atoms with van der Waals surface area (Å²) in [4.78, 5) is 44.2. The molecular weight excluding hydrogens is 624 g/mol. The van der Waals surface area contributed by atoms with Crippen molar-refractivity contribution in [3.8, 4) is 5.75 Å². The van der Waals surface area contributed by atoms with E-state index in [2.05, 4.69) is 21.2 Å². The van der Waals surface area contributed by atoms with Crippen LogP contribution in [-0.4, -0.2) is 66.3 Å². The summed E-state index contributed by atoms with van der Waals surface area (Å²) in [5, 5.41) is 4.07. The number of amides is 2. The number of benzene rings is 2. The molecule has 0 bridgehead atoms. The number of piperidine rings is 1. The molecule has 40 heavy (non-hydrogen) atoms. The minimum Gasteiger partial charge on any atom is -0.410 e. The number of halogens is 4. The molecule has 7 nitrogen and oxygen atoms in total. The second kappa shape index (κ2) is 11.2. The van der Waals surface area contributed by atoms with E-state index in [4.69, 9.17) is 27.9 Å². The van der Waals surface area contributed by atoms with Gasteiger partial charge in [0.2, 0.25) is 5.91 Å². The molecule has 1 N–H and O–H groups in total. The molecule has 2 aromatic carbocycles. The molecule has 0 radical (unpaired) electrons. The number of carbonyl (C=O) groups excluding carboxylic acids is 3. The summed E-state index contributed by atoms with van der Waals surface area (Å²) < 4.78 is 19.5. The van der Waals surface area contributed by atoms with Crippen molar-refractivity contribution in [2.24, 2.45) is 11.3 Å². The number of Topliss-reactive ketones (excluding diaryl/α,β-unsaturated/α-hetero) is 1. The maximum absolute atomic E-state index is 14.5. The van der Waals surface area contributed by atoms with E-state index >= 15 is 0 Å². The third-order valence-corrected chi connectivity index (χ3v) is 10.1. The van der Waals surface area contributed by atoms with Gasteiger partial charge in [0.15, 0.2) is 5.78 Å². The van der Waals surface area contributed by atoms with Crippen molar-refractivity contribution in [1.29, 1.82) is 0 Å². The van der Waals surface area contributed by atoms with Crippen molar-refractivity contribution in [2.45, 2.75) is 44.1 Å². The highest BCUT2D eigenvalue weighted by atomic mass is 79.9. The van der Waals surface area contributed by atoms with Crippen molar-refractivity contribution >= 4 is 56.9 Å². The molecule has 2 atom stereocenters. The molecule has 1 saturated carbocycles. The van der Waals surface area contributed by atoms with Gasteiger partial charge in [-0.3, -0.25) is 14.5 Å². The molecule has 3 aliphatic rings. The highest BCUT2D eigenvalue weighted by Crippen LogP contribution is 2.47. The van der Waals surface area contributed by atoms with Crippen LogP contribution in [0.2, 0.25) is 10.0 Å². The summed E-state index contributed by atoms with van der Waals surface area (Å²) in [6, 6.07) is 9.16. The van der Waals surface area contributed by atoms with Gasteiger partial charge in [-0.05, 0) is 77.5 Å². The molecule has 1 aliphatic carbocycles. The number of hydrogen-bond acceptors (Lipinski definition) is 5. The Morgan fingerprint density at radius 2 is 1.80 bits per heavy atom. The van der Waals surface area contributed by atoms with Gasteiger partial charge in [-0.1, -0.05) is 36.2 Å². The van der Waals surface area contributed by atoms with Crippen LogP contribution in [0.1, 0.15) is 44.1 Å². The van der Waals surface area contributed by atoms with Crippen LogP contribution >= 0.6 is 39.1 Å².